The third-order valence-electron chi connectivity index (χ3n) is 14.1. The Balaban J connectivity index is 0.969. The second kappa shape index (κ2) is 17.4. The maximum atomic E-state index is 6.82. The molecule has 4 aliphatic rings. The lowest BCUT2D eigenvalue weighted by Crippen LogP contribution is -2.26. The highest BCUT2D eigenvalue weighted by molar-refractivity contribution is 5.82. The van der Waals surface area contributed by atoms with Crippen LogP contribution in [0.2, 0.25) is 0 Å². The number of nitrogens with two attached hydrogens (primary N) is 1. The van der Waals surface area contributed by atoms with Crippen LogP contribution in [0.4, 0.5) is 11.4 Å². The number of allylic oxidation sites excluding steroid dienone is 9. The van der Waals surface area contributed by atoms with E-state index in [0.29, 0.717) is 12.5 Å². The van der Waals surface area contributed by atoms with Crippen molar-refractivity contribution in [1.82, 2.24) is 9.55 Å². The summed E-state index contributed by atoms with van der Waals surface area (Å²) in [6.07, 6.45) is 27.8. The molecule has 0 bridgehead atoms. The molecule has 11 rings (SSSR count). The lowest BCUT2D eigenvalue weighted by Gasteiger charge is -2.32. The monoisotopic (exact) mass is 842 g/mol. The van der Waals surface area contributed by atoms with E-state index in [4.69, 9.17) is 10.7 Å². The predicted molar refractivity (Wildman–Crippen MR) is 271 cm³/mol. The lowest BCUT2D eigenvalue weighted by atomic mass is 9.70. The Hall–Kier alpha value is -7.27. The molecule has 0 spiro atoms. The van der Waals surface area contributed by atoms with Gasteiger partial charge in [-0.15, -0.1) is 0 Å². The van der Waals surface area contributed by atoms with E-state index >= 15 is 0 Å². The number of hydrogen-bond acceptors (Lipinski definition) is 3. The zero-order chi connectivity index (χ0) is 43.7. The molecule has 5 aromatic carbocycles. The molecule has 4 heteroatoms. The lowest BCUT2D eigenvalue weighted by molar-refractivity contribution is 0.662. The van der Waals surface area contributed by atoms with Gasteiger partial charge in [-0.25, -0.2) is 0 Å². The number of rotatable bonds is 10. The van der Waals surface area contributed by atoms with Crippen molar-refractivity contribution >= 4 is 34.7 Å². The van der Waals surface area contributed by atoms with Crippen LogP contribution >= 0.6 is 0 Å². The summed E-state index contributed by atoms with van der Waals surface area (Å²) in [6, 6.07) is 55.1. The topological polar surface area (TPSA) is 47.1 Å². The second-order valence-corrected chi connectivity index (χ2v) is 18.0. The largest absolute Gasteiger partial charge is 0.325 e. The van der Waals surface area contributed by atoms with Crippen molar-refractivity contribution < 1.29 is 0 Å². The third-order valence-corrected chi connectivity index (χ3v) is 14.1. The van der Waals surface area contributed by atoms with Crippen LogP contribution < -0.4 is 10.6 Å². The average Bonchev–Trinajstić information content (AvgIpc) is 3.89. The van der Waals surface area contributed by atoms with Gasteiger partial charge < -0.3 is 15.2 Å². The van der Waals surface area contributed by atoms with Gasteiger partial charge in [0.25, 0.3) is 0 Å². The fourth-order valence-corrected chi connectivity index (χ4v) is 10.9. The normalized spacial score (nSPS) is 18.8. The van der Waals surface area contributed by atoms with Gasteiger partial charge in [0, 0.05) is 52.0 Å². The minimum Gasteiger partial charge on any atom is -0.325 e. The zero-order valence-corrected chi connectivity index (χ0v) is 37.0. The number of anilines is 2. The van der Waals surface area contributed by atoms with Crippen LogP contribution in [-0.4, -0.2) is 16.1 Å². The van der Waals surface area contributed by atoms with E-state index in [1.807, 2.05) is 6.20 Å². The summed E-state index contributed by atoms with van der Waals surface area (Å²) in [7, 11) is 0. The number of para-hydroxylation sites is 1. The first-order chi connectivity index (χ1) is 32.1. The van der Waals surface area contributed by atoms with Crippen molar-refractivity contribution in [2.24, 2.45) is 11.7 Å². The van der Waals surface area contributed by atoms with Crippen molar-refractivity contribution in [3.63, 3.8) is 0 Å². The molecule has 65 heavy (non-hydrogen) atoms. The Morgan fingerprint density at radius 2 is 1.43 bits per heavy atom. The van der Waals surface area contributed by atoms with Crippen LogP contribution in [0.25, 0.3) is 29.0 Å². The quantitative estimate of drug-likeness (QED) is 0.149. The van der Waals surface area contributed by atoms with Crippen molar-refractivity contribution in [2.75, 3.05) is 11.4 Å². The maximum absolute atomic E-state index is 6.82. The Labute approximate surface area is 383 Å². The Morgan fingerprint density at radius 3 is 2.14 bits per heavy atom. The summed E-state index contributed by atoms with van der Waals surface area (Å²) in [5.41, 5.74) is 26.3. The fourth-order valence-electron chi connectivity index (χ4n) is 10.9. The van der Waals surface area contributed by atoms with Gasteiger partial charge in [-0.2, -0.15) is 0 Å². The van der Waals surface area contributed by atoms with Crippen LogP contribution in [0.1, 0.15) is 88.1 Å². The molecule has 2 heterocycles. The molecule has 0 fully saturated rings. The van der Waals surface area contributed by atoms with Crippen molar-refractivity contribution in [3.05, 3.63) is 262 Å². The molecular formula is C61H54N4. The minimum atomic E-state index is -0.314. The number of fused-ring (bicyclic) bond motifs is 4. The van der Waals surface area contributed by atoms with E-state index in [1.54, 1.807) is 0 Å². The first kappa shape index (κ1) is 40.5. The molecule has 2 atom stereocenters. The highest BCUT2D eigenvalue weighted by Gasteiger charge is 2.43. The van der Waals surface area contributed by atoms with Crippen LogP contribution in [0.3, 0.4) is 0 Å². The maximum Gasteiger partial charge on any atom is 0.0642 e. The second-order valence-electron chi connectivity index (χ2n) is 18.0. The summed E-state index contributed by atoms with van der Waals surface area (Å²) >= 11 is 0. The first-order valence-corrected chi connectivity index (χ1v) is 23.3. The highest BCUT2D eigenvalue weighted by atomic mass is 15.2. The van der Waals surface area contributed by atoms with Gasteiger partial charge in [0.2, 0.25) is 0 Å². The van der Waals surface area contributed by atoms with Crippen molar-refractivity contribution in [3.8, 4) is 5.69 Å². The molecule has 2 aromatic heterocycles. The summed E-state index contributed by atoms with van der Waals surface area (Å²) < 4.78 is 2.44. The zero-order valence-electron chi connectivity index (χ0n) is 37.0. The van der Waals surface area contributed by atoms with Crippen LogP contribution in [0.5, 0.6) is 0 Å². The fraction of sp³-hybridized carbons (Fsp3) is 0.164. The van der Waals surface area contributed by atoms with E-state index in [-0.39, 0.29) is 11.3 Å². The summed E-state index contributed by atoms with van der Waals surface area (Å²) in [5, 5.41) is 0. The predicted octanol–water partition coefficient (Wildman–Crippen LogP) is 14.0. The van der Waals surface area contributed by atoms with Gasteiger partial charge in [-0.3, -0.25) is 4.98 Å². The molecule has 0 saturated carbocycles. The van der Waals surface area contributed by atoms with E-state index in [1.165, 1.54) is 67.2 Å². The standard InChI is InChI=1S/C61H54N4/c1-43-16-15-17-45(38-43)44-28-32-51(33-29-44)64(52(41-62)34-30-47-40-61(48-18-5-2-6-19-48,49-20-7-3-8-21-49)57-26-13-11-24-54(47)57)53-35-36-58(63-42-53)46-31-37-60-56(39-46)55-25-12-14-27-59(55)65(60)50-22-9-4-10-23-50/h2-11,13-15,17-24,26-38,42-43,46H,12,16,25,39-41,62H2,1H3/b47-30+,52-34+. The molecule has 0 saturated heterocycles. The molecule has 0 aliphatic heterocycles. The van der Waals surface area contributed by atoms with Gasteiger partial charge in [-0.05, 0) is 143 Å². The van der Waals surface area contributed by atoms with E-state index in [0.717, 1.165) is 54.9 Å². The number of aromatic nitrogens is 2. The number of pyridine rings is 1. The van der Waals surface area contributed by atoms with Gasteiger partial charge in [0.1, 0.15) is 0 Å². The van der Waals surface area contributed by atoms with E-state index in [9.17, 15) is 0 Å². The molecule has 318 valence electrons. The van der Waals surface area contributed by atoms with E-state index < -0.39 is 0 Å². The molecule has 4 nitrogen and oxygen atoms in total. The van der Waals surface area contributed by atoms with Crippen LogP contribution in [-0.2, 0) is 18.3 Å². The number of hydrogen-bond donors (Lipinski definition) is 1. The molecule has 2 N–H and O–H groups in total. The molecule has 0 amide bonds. The Morgan fingerprint density at radius 1 is 0.738 bits per heavy atom. The first-order valence-electron chi connectivity index (χ1n) is 23.3. The molecule has 0 radical (unpaired) electrons. The van der Waals surface area contributed by atoms with Crippen molar-refractivity contribution in [2.45, 2.75) is 50.4 Å². The highest BCUT2D eigenvalue weighted by Crippen LogP contribution is 2.53. The summed E-state index contributed by atoms with van der Waals surface area (Å²) in [6.45, 7) is 2.62. The Kier molecular flexibility index (Phi) is 10.8. The number of nitrogens with zero attached hydrogens (tertiary/aromatic N) is 3. The molecule has 2 unspecified atom stereocenters. The smallest absolute Gasteiger partial charge is 0.0642 e. The van der Waals surface area contributed by atoms with E-state index in [2.05, 4.69) is 223 Å². The summed E-state index contributed by atoms with van der Waals surface area (Å²) in [5.74, 6) is 0.701. The number of benzene rings is 5. The average molecular weight is 843 g/mol. The molecule has 4 aliphatic carbocycles. The van der Waals surface area contributed by atoms with Gasteiger partial charge >= 0.3 is 0 Å². The SMILES string of the molecule is CC1C=C(c2ccc(N(/C(=C/C=C3\CC(c4ccccc4)(c4ccccc4)c4ccccc43)CN)c3ccc(C4C=Cc5c(c6c(n5-c5ccccc5)C=CCC6)C4)nc3)cc2)C=CC1. The van der Waals surface area contributed by atoms with Gasteiger partial charge in [0.05, 0.1) is 11.9 Å². The molecular weight excluding hydrogens is 789 g/mol. The van der Waals surface area contributed by atoms with Gasteiger partial charge in [-0.1, -0.05) is 159 Å². The van der Waals surface area contributed by atoms with Crippen molar-refractivity contribution in [1.29, 1.82) is 0 Å². The summed E-state index contributed by atoms with van der Waals surface area (Å²) in [4.78, 5) is 7.55. The van der Waals surface area contributed by atoms with Gasteiger partial charge in [0.15, 0.2) is 0 Å². The van der Waals surface area contributed by atoms with Crippen LogP contribution in [0, 0.1) is 5.92 Å². The Bertz CT molecular complexity index is 3000. The minimum absolute atomic E-state index is 0.177. The third kappa shape index (κ3) is 7.38. The van der Waals surface area contributed by atoms with Crippen LogP contribution in [0.15, 0.2) is 206 Å². The molecule has 7 aromatic rings.